The Balaban J connectivity index is 2.89. The predicted octanol–water partition coefficient (Wildman–Crippen LogP) is -2.95. The van der Waals surface area contributed by atoms with Crippen molar-refractivity contribution in [2.24, 2.45) is 0 Å². The van der Waals surface area contributed by atoms with Crippen molar-refractivity contribution in [2.75, 3.05) is 7.11 Å². The van der Waals surface area contributed by atoms with Crippen LogP contribution in [0.25, 0.3) is 0 Å². The van der Waals surface area contributed by atoms with Crippen molar-refractivity contribution in [2.45, 2.75) is 36.6 Å². The Morgan fingerprint density at radius 1 is 0.882 bits per heavy atom. The molecule has 17 heavy (non-hydrogen) atoms. The molecule has 0 aromatic heterocycles. The summed E-state index contributed by atoms with van der Waals surface area (Å²) in [7, 11) is 1.18. The lowest BCUT2D eigenvalue weighted by molar-refractivity contribution is -0.224. The van der Waals surface area contributed by atoms with Gasteiger partial charge in [0.15, 0.2) is 0 Å². The third kappa shape index (κ3) is 3.42. The number of hydrogen-bond donors (Lipinski definition) is 6. The molecule has 6 atom stereocenters. The second-order valence-electron chi connectivity index (χ2n) is 3.72. The zero-order valence-electron chi connectivity index (χ0n) is 8.82. The van der Waals surface area contributed by atoms with Crippen molar-refractivity contribution >= 4 is 18.5 Å². The van der Waals surface area contributed by atoms with E-state index in [-0.39, 0.29) is 0 Å². The van der Waals surface area contributed by atoms with Crippen molar-refractivity contribution in [3.05, 3.63) is 0 Å². The van der Waals surface area contributed by atoms with Gasteiger partial charge in [-0.05, 0) is 11.8 Å². The maximum absolute atomic E-state index is 9.61. The highest BCUT2D eigenvalue weighted by Crippen LogP contribution is 2.41. The quantitative estimate of drug-likeness (QED) is 0.301. The van der Waals surface area contributed by atoms with Gasteiger partial charge in [0.25, 0.3) is 0 Å². The van der Waals surface area contributed by atoms with Crippen LogP contribution in [-0.4, -0.2) is 73.9 Å². The monoisotopic (exact) mass is 290 g/mol. The first-order valence-electron chi connectivity index (χ1n) is 4.68. The summed E-state index contributed by atoms with van der Waals surface area (Å²) in [5.41, 5.74) is 0. The number of aliphatic hydroxyl groups is 4. The second-order valence-corrected chi connectivity index (χ2v) is 6.34. The number of rotatable bonds is 3. The molecule has 0 bridgehead atoms. The minimum absolute atomic E-state index is 1.18. The van der Waals surface area contributed by atoms with E-state index in [1.807, 2.05) is 0 Å². The third-order valence-electron chi connectivity index (χ3n) is 2.58. The Morgan fingerprint density at radius 2 is 1.24 bits per heavy atom. The third-order valence-corrected chi connectivity index (χ3v) is 3.35. The fourth-order valence-electron chi connectivity index (χ4n) is 1.74. The molecule has 1 saturated carbocycles. The lowest BCUT2D eigenvalue weighted by Gasteiger charge is -2.43. The maximum atomic E-state index is 9.61. The van der Waals surface area contributed by atoms with Gasteiger partial charge in [0.05, 0.1) is 0 Å². The Morgan fingerprint density at radius 3 is 1.53 bits per heavy atom. The lowest BCUT2D eigenvalue weighted by atomic mass is 9.85. The van der Waals surface area contributed by atoms with Crippen molar-refractivity contribution in [1.82, 2.24) is 0 Å². The van der Waals surface area contributed by atoms with Gasteiger partial charge in [0.2, 0.25) is 0 Å². The van der Waals surface area contributed by atoms with E-state index in [9.17, 15) is 20.4 Å². The van der Waals surface area contributed by atoms with Gasteiger partial charge in [0, 0.05) is 7.11 Å². The Hall–Kier alpha value is 0.330. The normalized spacial score (nSPS) is 43.7. The highest BCUT2D eigenvalue weighted by Gasteiger charge is 2.51. The van der Waals surface area contributed by atoms with Crippen LogP contribution in [0.4, 0.5) is 0 Å². The molecular formula is C7H15O8PS. The zero-order valence-corrected chi connectivity index (χ0v) is 10.5. The van der Waals surface area contributed by atoms with E-state index in [0.29, 0.717) is 0 Å². The van der Waals surface area contributed by atoms with Gasteiger partial charge < -0.3 is 34.9 Å². The molecule has 0 aromatic carbocycles. The molecule has 0 aromatic rings. The molecule has 6 N–H and O–H groups in total. The zero-order chi connectivity index (χ0) is 13.4. The summed E-state index contributed by atoms with van der Waals surface area (Å²) < 4.78 is 9.22. The summed E-state index contributed by atoms with van der Waals surface area (Å²) in [6.07, 6.45) is -9.25. The van der Waals surface area contributed by atoms with Gasteiger partial charge in [-0.15, -0.1) is 0 Å². The van der Waals surface area contributed by atoms with Crippen molar-refractivity contribution in [3.8, 4) is 0 Å². The van der Waals surface area contributed by atoms with Gasteiger partial charge >= 0.3 is 6.72 Å². The number of methoxy groups -OCH3 is 1. The molecule has 0 radical (unpaired) electrons. The maximum Gasteiger partial charge on any atom is 0.322 e. The average Bonchev–Trinajstić information content (AvgIpc) is 2.21. The number of ether oxygens (including phenoxy) is 1. The van der Waals surface area contributed by atoms with Crippen LogP contribution in [0.1, 0.15) is 0 Å². The summed E-state index contributed by atoms with van der Waals surface area (Å²) >= 11 is 4.19. The molecule has 1 aliphatic rings. The van der Waals surface area contributed by atoms with E-state index in [0.717, 1.165) is 0 Å². The topological polar surface area (TPSA) is 140 Å². The van der Waals surface area contributed by atoms with Crippen LogP contribution in [0.2, 0.25) is 0 Å². The van der Waals surface area contributed by atoms with E-state index in [2.05, 4.69) is 16.3 Å². The fraction of sp³-hybridized carbons (Fsp3) is 1.00. The summed E-state index contributed by atoms with van der Waals surface area (Å²) in [6, 6.07) is 0. The van der Waals surface area contributed by atoms with Crippen LogP contribution in [0, 0.1) is 0 Å². The minimum atomic E-state index is -4.14. The van der Waals surface area contributed by atoms with Gasteiger partial charge in [0.1, 0.15) is 36.6 Å². The summed E-state index contributed by atoms with van der Waals surface area (Å²) in [4.78, 5) is 17.9. The molecule has 0 spiro atoms. The van der Waals surface area contributed by atoms with Crippen LogP contribution in [0.3, 0.4) is 0 Å². The fourth-order valence-corrected chi connectivity index (χ4v) is 2.61. The van der Waals surface area contributed by atoms with E-state index < -0.39 is 43.3 Å². The van der Waals surface area contributed by atoms with Gasteiger partial charge in [-0.25, -0.2) is 0 Å². The Kier molecular flexibility index (Phi) is 5.01. The summed E-state index contributed by atoms with van der Waals surface area (Å²) in [6.45, 7) is -4.14. The number of aliphatic hydroxyl groups excluding tert-OH is 4. The van der Waals surface area contributed by atoms with E-state index >= 15 is 0 Å². The highest BCUT2D eigenvalue weighted by atomic mass is 32.5. The van der Waals surface area contributed by atoms with Gasteiger partial charge in [-0.1, -0.05) is 0 Å². The van der Waals surface area contributed by atoms with Crippen LogP contribution >= 0.6 is 6.72 Å². The van der Waals surface area contributed by atoms with Crippen molar-refractivity contribution in [1.29, 1.82) is 0 Å². The molecule has 102 valence electrons. The van der Waals surface area contributed by atoms with Gasteiger partial charge in [-0.2, -0.15) is 0 Å². The first-order chi connectivity index (χ1) is 7.69. The molecule has 0 saturated heterocycles. The molecule has 1 fully saturated rings. The van der Waals surface area contributed by atoms with Crippen LogP contribution in [0.5, 0.6) is 0 Å². The molecule has 8 nitrogen and oxygen atoms in total. The summed E-state index contributed by atoms with van der Waals surface area (Å²) in [5, 5.41) is 38.4. The van der Waals surface area contributed by atoms with Crippen LogP contribution < -0.4 is 0 Å². The second kappa shape index (κ2) is 5.54. The smallest absolute Gasteiger partial charge is 0.322 e. The van der Waals surface area contributed by atoms with Gasteiger partial charge in [-0.3, -0.25) is 4.52 Å². The molecule has 10 heteroatoms. The highest BCUT2D eigenvalue weighted by molar-refractivity contribution is 8.06. The largest absolute Gasteiger partial charge is 0.387 e. The summed E-state index contributed by atoms with van der Waals surface area (Å²) in [5.74, 6) is 0. The van der Waals surface area contributed by atoms with Crippen LogP contribution in [-0.2, 0) is 21.1 Å². The standard InChI is InChI=1S/C7H15O8PS/c1-14-6-2(8)4(10)7(5(11)3(6)9)15-16(12,13)17/h2-11H,1H3,(H2,12,13,17)/t2-,3-,4-,5+,6+,7+/m1/s1. The van der Waals surface area contributed by atoms with E-state index in [1.165, 1.54) is 7.11 Å². The van der Waals surface area contributed by atoms with E-state index in [4.69, 9.17) is 14.5 Å². The molecule has 0 heterocycles. The number of hydrogen-bond acceptors (Lipinski definition) is 7. The first kappa shape index (κ1) is 15.4. The molecule has 0 amide bonds. The SMILES string of the molecule is CO[C@H]1[C@H](O)[C@@H](O)[C@H](OP(O)(O)=S)[C@@H](O)[C@H]1O. The molecule has 1 rings (SSSR count). The predicted molar refractivity (Wildman–Crippen MR) is 58.4 cm³/mol. The average molecular weight is 290 g/mol. The van der Waals surface area contributed by atoms with E-state index in [1.54, 1.807) is 0 Å². The minimum Gasteiger partial charge on any atom is -0.387 e. The molecular weight excluding hydrogens is 275 g/mol. The Bertz CT molecular complexity index is 292. The lowest BCUT2D eigenvalue weighted by Crippen LogP contribution is -2.64. The first-order valence-corrected chi connectivity index (χ1v) is 7.30. The molecule has 0 aliphatic heterocycles. The van der Waals surface area contributed by atoms with Crippen molar-refractivity contribution < 1.29 is 39.5 Å². The van der Waals surface area contributed by atoms with Crippen molar-refractivity contribution in [3.63, 3.8) is 0 Å². The molecule has 0 unspecified atom stereocenters. The van der Waals surface area contributed by atoms with Crippen LogP contribution in [0.15, 0.2) is 0 Å². The molecule has 1 aliphatic carbocycles. The Labute approximate surface area is 102 Å².